The molecule has 0 bridgehead atoms. The first-order valence-corrected chi connectivity index (χ1v) is 7.34. The molecule has 1 aliphatic heterocycles. The number of aliphatic carboxylic acids is 1. The highest BCUT2D eigenvalue weighted by atomic mass is 16.5. The van der Waals surface area contributed by atoms with Gasteiger partial charge >= 0.3 is 5.97 Å². The van der Waals surface area contributed by atoms with Crippen LogP contribution in [0.25, 0.3) is 0 Å². The Morgan fingerprint density at radius 2 is 2.00 bits per heavy atom. The third-order valence-electron chi connectivity index (χ3n) is 3.62. The molecule has 5 nitrogen and oxygen atoms in total. The van der Waals surface area contributed by atoms with Crippen molar-refractivity contribution < 1.29 is 19.4 Å². The molecule has 2 N–H and O–H groups in total. The first kappa shape index (κ1) is 15.5. The van der Waals surface area contributed by atoms with E-state index in [4.69, 9.17) is 9.84 Å². The lowest BCUT2D eigenvalue weighted by Gasteiger charge is -2.12. The van der Waals surface area contributed by atoms with Gasteiger partial charge in [-0.25, -0.2) is 4.79 Å². The Kier molecular flexibility index (Phi) is 5.75. The molecule has 0 spiro atoms. The summed E-state index contributed by atoms with van der Waals surface area (Å²) in [5.41, 5.74) is 1.23. The lowest BCUT2D eigenvalue weighted by atomic mass is 10.1. The van der Waals surface area contributed by atoms with Crippen molar-refractivity contribution in [3.05, 3.63) is 35.9 Å². The minimum atomic E-state index is -0.924. The van der Waals surface area contributed by atoms with Crippen molar-refractivity contribution in [2.24, 2.45) is 0 Å². The SMILES string of the molecule is O=C(CCCc1ccccc1)NCC1CCC(C(=O)O)O1. The lowest BCUT2D eigenvalue weighted by Crippen LogP contribution is -2.33. The summed E-state index contributed by atoms with van der Waals surface area (Å²) in [4.78, 5) is 22.5. The van der Waals surface area contributed by atoms with Crippen molar-refractivity contribution in [2.75, 3.05) is 6.54 Å². The number of rotatable bonds is 7. The van der Waals surface area contributed by atoms with Gasteiger partial charge in [0.1, 0.15) is 0 Å². The molecule has 5 heteroatoms. The Morgan fingerprint density at radius 3 is 2.67 bits per heavy atom. The van der Waals surface area contributed by atoms with Crippen LogP contribution in [0, 0.1) is 0 Å². The first-order valence-electron chi connectivity index (χ1n) is 7.34. The fourth-order valence-electron chi connectivity index (χ4n) is 2.45. The summed E-state index contributed by atoms with van der Waals surface area (Å²) in [7, 11) is 0. The summed E-state index contributed by atoms with van der Waals surface area (Å²) in [5, 5.41) is 11.6. The fraction of sp³-hybridized carbons (Fsp3) is 0.500. The monoisotopic (exact) mass is 291 g/mol. The van der Waals surface area contributed by atoms with Crippen LogP contribution in [-0.4, -0.2) is 35.7 Å². The van der Waals surface area contributed by atoms with E-state index in [2.05, 4.69) is 17.4 Å². The van der Waals surface area contributed by atoms with E-state index >= 15 is 0 Å². The van der Waals surface area contributed by atoms with Crippen LogP contribution in [0.5, 0.6) is 0 Å². The summed E-state index contributed by atoms with van der Waals surface area (Å²) >= 11 is 0. The second-order valence-electron chi connectivity index (χ2n) is 5.31. The Balaban J connectivity index is 1.59. The number of hydrogen-bond donors (Lipinski definition) is 2. The van der Waals surface area contributed by atoms with E-state index in [1.807, 2.05) is 18.2 Å². The van der Waals surface area contributed by atoms with Gasteiger partial charge in [-0.3, -0.25) is 4.79 Å². The van der Waals surface area contributed by atoms with Crippen molar-refractivity contribution in [2.45, 2.75) is 44.3 Å². The molecule has 2 rings (SSSR count). The quantitative estimate of drug-likeness (QED) is 0.802. The van der Waals surface area contributed by atoms with Gasteiger partial charge in [0.15, 0.2) is 6.10 Å². The van der Waals surface area contributed by atoms with Crippen LogP contribution >= 0.6 is 0 Å². The zero-order valence-electron chi connectivity index (χ0n) is 12.0. The molecule has 2 unspecified atom stereocenters. The molecule has 2 atom stereocenters. The van der Waals surface area contributed by atoms with Gasteiger partial charge in [-0.2, -0.15) is 0 Å². The average Bonchev–Trinajstić information content (AvgIpc) is 2.95. The van der Waals surface area contributed by atoms with Crippen LogP contribution in [0.4, 0.5) is 0 Å². The molecule has 1 saturated heterocycles. The molecular weight excluding hydrogens is 270 g/mol. The highest BCUT2D eigenvalue weighted by Crippen LogP contribution is 2.19. The van der Waals surface area contributed by atoms with E-state index in [1.54, 1.807) is 0 Å². The molecule has 1 amide bonds. The van der Waals surface area contributed by atoms with Crippen LogP contribution in [0.1, 0.15) is 31.2 Å². The van der Waals surface area contributed by atoms with Crippen LogP contribution in [0.2, 0.25) is 0 Å². The molecule has 114 valence electrons. The normalized spacial score (nSPS) is 21.1. The molecule has 0 aromatic heterocycles. The Morgan fingerprint density at radius 1 is 1.24 bits per heavy atom. The second-order valence-corrected chi connectivity index (χ2v) is 5.31. The molecule has 1 aliphatic rings. The number of ether oxygens (including phenoxy) is 1. The number of carbonyl (C=O) groups excluding carboxylic acids is 1. The van der Waals surface area contributed by atoms with E-state index in [9.17, 15) is 9.59 Å². The van der Waals surface area contributed by atoms with E-state index in [-0.39, 0.29) is 12.0 Å². The standard InChI is InChI=1S/C16H21NO4/c18-15(8-4-7-12-5-2-1-3-6-12)17-11-13-9-10-14(21-13)16(19)20/h1-3,5-6,13-14H,4,7-11H2,(H,17,18)(H,19,20). The molecule has 0 saturated carbocycles. The van der Waals surface area contributed by atoms with Gasteiger partial charge in [0.05, 0.1) is 6.10 Å². The Labute approximate surface area is 124 Å². The van der Waals surface area contributed by atoms with Gasteiger partial charge in [0.25, 0.3) is 0 Å². The summed E-state index contributed by atoms with van der Waals surface area (Å²) in [6.07, 6.45) is 2.47. The molecule has 1 heterocycles. The molecule has 1 aromatic rings. The molecule has 21 heavy (non-hydrogen) atoms. The largest absolute Gasteiger partial charge is 0.479 e. The van der Waals surface area contributed by atoms with Crippen LogP contribution in [0.3, 0.4) is 0 Å². The topological polar surface area (TPSA) is 75.6 Å². The Bertz CT molecular complexity index is 474. The van der Waals surface area contributed by atoms with Crippen molar-refractivity contribution in [1.82, 2.24) is 5.32 Å². The number of benzene rings is 1. The number of carboxylic acids is 1. The van der Waals surface area contributed by atoms with E-state index < -0.39 is 12.1 Å². The molecule has 1 aromatic carbocycles. The van der Waals surface area contributed by atoms with Crippen LogP contribution < -0.4 is 5.32 Å². The van der Waals surface area contributed by atoms with Crippen LogP contribution in [0.15, 0.2) is 30.3 Å². The van der Waals surface area contributed by atoms with Crippen molar-refractivity contribution in [1.29, 1.82) is 0 Å². The van der Waals surface area contributed by atoms with Gasteiger partial charge in [-0.1, -0.05) is 30.3 Å². The Hall–Kier alpha value is -1.88. The molecule has 1 fully saturated rings. The van der Waals surface area contributed by atoms with E-state index in [1.165, 1.54) is 5.56 Å². The van der Waals surface area contributed by atoms with Gasteiger partial charge in [0, 0.05) is 13.0 Å². The minimum absolute atomic E-state index is 0.00620. The lowest BCUT2D eigenvalue weighted by molar-refractivity contribution is -0.149. The maximum atomic E-state index is 11.7. The number of amides is 1. The van der Waals surface area contributed by atoms with Gasteiger partial charge < -0.3 is 15.2 Å². The van der Waals surface area contributed by atoms with Crippen molar-refractivity contribution in [3.63, 3.8) is 0 Å². The summed E-state index contributed by atoms with van der Waals surface area (Å²) in [6.45, 7) is 0.397. The third kappa shape index (κ3) is 5.19. The fourth-order valence-corrected chi connectivity index (χ4v) is 2.45. The highest BCUT2D eigenvalue weighted by Gasteiger charge is 2.30. The smallest absolute Gasteiger partial charge is 0.332 e. The third-order valence-corrected chi connectivity index (χ3v) is 3.62. The maximum Gasteiger partial charge on any atom is 0.332 e. The summed E-state index contributed by atoms with van der Waals surface area (Å²) in [5.74, 6) is -0.931. The number of aryl methyl sites for hydroxylation is 1. The zero-order valence-corrected chi connectivity index (χ0v) is 12.0. The van der Waals surface area contributed by atoms with E-state index in [0.29, 0.717) is 25.8 Å². The number of carboxylic acid groups (broad SMARTS) is 1. The second kappa shape index (κ2) is 7.78. The van der Waals surface area contributed by atoms with Crippen LogP contribution in [-0.2, 0) is 20.7 Å². The summed E-state index contributed by atoms with van der Waals surface area (Å²) < 4.78 is 5.33. The maximum absolute atomic E-state index is 11.7. The number of nitrogens with one attached hydrogen (secondary N) is 1. The highest BCUT2D eigenvalue weighted by molar-refractivity contribution is 5.76. The van der Waals surface area contributed by atoms with Gasteiger partial charge in [-0.05, 0) is 31.2 Å². The van der Waals surface area contributed by atoms with Crippen molar-refractivity contribution >= 4 is 11.9 Å². The number of hydrogen-bond acceptors (Lipinski definition) is 3. The summed E-state index contributed by atoms with van der Waals surface area (Å²) in [6, 6.07) is 10.1. The van der Waals surface area contributed by atoms with Crippen molar-refractivity contribution in [3.8, 4) is 0 Å². The number of carbonyl (C=O) groups is 2. The first-order chi connectivity index (χ1) is 10.1. The predicted octanol–water partition coefficient (Wildman–Crippen LogP) is 1.76. The molecular formula is C16H21NO4. The van der Waals surface area contributed by atoms with Gasteiger partial charge in [-0.15, -0.1) is 0 Å². The zero-order chi connectivity index (χ0) is 15.1. The minimum Gasteiger partial charge on any atom is -0.479 e. The molecule has 0 radical (unpaired) electrons. The predicted molar refractivity (Wildman–Crippen MR) is 77.9 cm³/mol. The van der Waals surface area contributed by atoms with E-state index in [0.717, 1.165) is 12.8 Å². The van der Waals surface area contributed by atoms with Gasteiger partial charge in [0.2, 0.25) is 5.91 Å². The average molecular weight is 291 g/mol. The molecule has 0 aliphatic carbocycles.